The minimum absolute atomic E-state index is 0.00664. The lowest BCUT2D eigenvalue weighted by atomic mass is 10.1. The minimum Gasteiger partial charge on any atom is -0.493 e. The van der Waals surface area contributed by atoms with E-state index >= 15 is 0 Å². The zero-order valence-electron chi connectivity index (χ0n) is 17.7. The van der Waals surface area contributed by atoms with E-state index in [2.05, 4.69) is 5.32 Å². The van der Waals surface area contributed by atoms with Crippen LogP contribution < -0.4 is 14.8 Å². The molecule has 2 aromatic rings. The van der Waals surface area contributed by atoms with Gasteiger partial charge in [0.2, 0.25) is 11.8 Å². The zero-order chi connectivity index (χ0) is 21.2. The zero-order valence-corrected chi connectivity index (χ0v) is 17.7. The molecule has 0 aliphatic carbocycles. The third-order valence-electron chi connectivity index (χ3n) is 4.86. The van der Waals surface area contributed by atoms with E-state index in [0.717, 1.165) is 16.7 Å². The molecule has 6 nitrogen and oxygen atoms in total. The van der Waals surface area contributed by atoms with E-state index in [9.17, 15) is 9.59 Å². The predicted octanol–water partition coefficient (Wildman–Crippen LogP) is 3.11. The quantitative estimate of drug-likeness (QED) is 0.668. The minimum atomic E-state index is -0.0424. The molecule has 0 bridgehead atoms. The van der Waals surface area contributed by atoms with Gasteiger partial charge >= 0.3 is 0 Å². The summed E-state index contributed by atoms with van der Waals surface area (Å²) in [7, 11) is 3.18. The summed E-state index contributed by atoms with van der Waals surface area (Å²) >= 11 is 0. The van der Waals surface area contributed by atoms with Gasteiger partial charge in [-0.05, 0) is 42.2 Å². The van der Waals surface area contributed by atoms with E-state index in [1.54, 1.807) is 26.0 Å². The number of hydrogen-bond acceptors (Lipinski definition) is 4. The standard InChI is InChI=1S/C23H30N2O4/c1-17-7-5-6-8-20(17)16-25(18(2)26)14-13-24-23(27)12-10-19-9-11-21(28-3)22(15-19)29-4/h5-9,11,15H,10,12-14,16H2,1-4H3,(H,24,27). The highest BCUT2D eigenvalue weighted by molar-refractivity contribution is 5.76. The molecule has 0 aliphatic heterocycles. The molecule has 6 heteroatoms. The fourth-order valence-corrected chi connectivity index (χ4v) is 3.05. The Labute approximate surface area is 172 Å². The van der Waals surface area contributed by atoms with Gasteiger partial charge < -0.3 is 19.7 Å². The molecule has 0 atom stereocenters. The van der Waals surface area contributed by atoms with Crippen LogP contribution in [0.2, 0.25) is 0 Å². The molecule has 29 heavy (non-hydrogen) atoms. The normalized spacial score (nSPS) is 10.3. The van der Waals surface area contributed by atoms with Crippen LogP contribution in [0, 0.1) is 6.92 Å². The van der Waals surface area contributed by atoms with Crippen molar-refractivity contribution in [2.24, 2.45) is 0 Å². The lowest BCUT2D eigenvalue weighted by Gasteiger charge is -2.22. The van der Waals surface area contributed by atoms with Gasteiger partial charge in [0.05, 0.1) is 14.2 Å². The summed E-state index contributed by atoms with van der Waals surface area (Å²) in [5.74, 6) is 1.27. The first-order valence-corrected chi connectivity index (χ1v) is 9.72. The van der Waals surface area contributed by atoms with Gasteiger partial charge in [0, 0.05) is 33.0 Å². The van der Waals surface area contributed by atoms with Crippen LogP contribution in [0.4, 0.5) is 0 Å². The summed E-state index contributed by atoms with van der Waals surface area (Å²) in [6.07, 6.45) is 0.971. The van der Waals surface area contributed by atoms with Gasteiger partial charge in [-0.1, -0.05) is 30.3 Å². The average Bonchev–Trinajstić information content (AvgIpc) is 2.72. The highest BCUT2D eigenvalue weighted by atomic mass is 16.5. The van der Waals surface area contributed by atoms with Crippen molar-refractivity contribution in [3.8, 4) is 11.5 Å². The Bertz CT molecular complexity index is 835. The number of hydrogen-bond donors (Lipinski definition) is 1. The fourth-order valence-electron chi connectivity index (χ4n) is 3.05. The average molecular weight is 399 g/mol. The Morgan fingerprint density at radius 3 is 2.41 bits per heavy atom. The fraction of sp³-hybridized carbons (Fsp3) is 0.391. The van der Waals surface area contributed by atoms with Gasteiger partial charge in [-0.25, -0.2) is 0 Å². The van der Waals surface area contributed by atoms with Crippen LogP contribution in [0.25, 0.3) is 0 Å². The molecule has 0 radical (unpaired) electrons. The second-order valence-corrected chi connectivity index (χ2v) is 6.91. The van der Waals surface area contributed by atoms with Crippen molar-refractivity contribution in [1.29, 1.82) is 0 Å². The Balaban J connectivity index is 1.80. The summed E-state index contributed by atoms with van der Waals surface area (Å²) in [6, 6.07) is 13.6. The Morgan fingerprint density at radius 1 is 1.03 bits per heavy atom. The van der Waals surface area contributed by atoms with Crippen LogP contribution in [-0.4, -0.2) is 44.0 Å². The molecule has 2 rings (SSSR count). The maximum atomic E-state index is 12.2. The van der Waals surface area contributed by atoms with Crippen LogP contribution in [0.15, 0.2) is 42.5 Å². The third kappa shape index (κ3) is 6.82. The second kappa shape index (κ2) is 11.1. The number of methoxy groups -OCH3 is 2. The molecule has 0 spiro atoms. The van der Waals surface area contributed by atoms with E-state index in [1.807, 2.05) is 49.4 Å². The molecule has 0 aromatic heterocycles. The lowest BCUT2D eigenvalue weighted by molar-refractivity contribution is -0.130. The highest BCUT2D eigenvalue weighted by Crippen LogP contribution is 2.27. The molecular formula is C23H30N2O4. The van der Waals surface area contributed by atoms with Crippen molar-refractivity contribution in [2.75, 3.05) is 27.3 Å². The smallest absolute Gasteiger partial charge is 0.220 e. The molecule has 0 fully saturated rings. The number of benzene rings is 2. The molecule has 2 amide bonds. The molecule has 0 heterocycles. The van der Waals surface area contributed by atoms with Gasteiger partial charge in [-0.3, -0.25) is 9.59 Å². The SMILES string of the molecule is COc1ccc(CCC(=O)NCCN(Cc2ccccc2C)C(C)=O)cc1OC. The molecule has 2 aromatic carbocycles. The lowest BCUT2D eigenvalue weighted by Crippen LogP contribution is -2.37. The van der Waals surface area contributed by atoms with Crippen molar-refractivity contribution in [3.63, 3.8) is 0 Å². The topological polar surface area (TPSA) is 67.9 Å². The van der Waals surface area contributed by atoms with Crippen LogP contribution in [0.3, 0.4) is 0 Å². The van der Waals surface area contributed by atoms with Crippen LogP contribution in [0.5, 0.6) is 11.5 Å². The number of rotatable bonds is 10. The summed E-state index contributed by atoms with van der Waals surface area (Å²) < 4.78 is 10.5. The van der Waals surface area contributed by atoms with E-state index in [4.69, 9.17) is 9.47 Å². The predicted molar refractivity (Wildman–Crippen MR) is 113 cm³/mol. The number of carbonyl (C=O) groups is 2. The van der Waals surface area contributed by atoms with E-state index in [-0.39, 0.29) is 11.8 Å². The number of nitrogens with one attached hydrogen (secondary N) is 1. The van der Waals surface area contributed by atoms with Crippen LogP contribution >= 0.6 is 0 Å². The van der Waals surface area contributed by atoms with Gasteiger partial charge in [0.1, 0.15) is 0 Å². The Kier molecular flexibility index (Phi) is 8.52. The molecular weight excluding hydrogens is 368 g/mol. The first-order valence-electron chi connectivity index (χ1n) is 9.72. The van der Waals surface area contributed by atoms with Crippen molar-refractivity contribution in [2.45, 2.75) is 33.2 Å². The monoisotopic (exact) mass is 398 g/mol. The molecule has 0 aliphatic rings. The third-order valence-corrected chi connectivity index (χ3v) is 4.86. The van der Waals surface area contributed by atoms with Crippen LogP contribution in [0.1, 0.15) is 30.0 Å². The molecule has 0 saturated heterocycles. The summed E-state index contributed by atoms with van der Waals surface area (Å²) in [4.78, 5) is 25.9. The van der Waals surface area contributed by atoms with Crippen molar-refractivity contribution in [3.05, 3.63) is 59.2 Å². The van der Waals surface area contributed by atoms with Crippen molar-refractivity contribution >= 4 is 11.8 Å². The number of ether oxygens (including phenoxy) is 2. The number of nitrogens with zero attached hydrogens (tertiary/aromatic N) is 1. The highest BCUT2D eigenvalue weighted by Gasteiger charge is 2.12. The molecule has 1 N–H and O–H groups in total. The summed E-state index contributed by atoms with van der Waals surface area (Å²) in [5.41, 5.74) is 3.27. The van der Waals surface area contributed by atoms with Gasteiger partial charge in [-0.2, -0.15) is 0 Å². The number of amides is 2. The van der Waals surface area contributed by atoms with Gasteiger partial charge in [0.15, 0.2) is 11.5 Å². The number of aryl methyl sites for hydroxylation is 2. The summed E-state index contributed by atoms with van der Waals surface area (Å²) in [6.45, 7) is 5.03. The second-order valence-electron chi connectivity index (χ2n) is 6.91. The molecule has 156 valence electrons. The van der Waals surface area contributed by atoms with Crippen molar-refractivity contribution < 1.29 is 19.1 Å². The van der Waals surface area contributed by atoms with Gasteiger partial charge in [0.25, 0.3) is 0 Å². The Morgan fingerprint density at radius 2 is 1.76 bits per heavy atom. The number of carbonyl (C=O) groups excluding carboxylic acids is 2. The van der Waals surface area contributed by atoms with E-state index in [1.165, 1.54) is 0 Å². The maximum absolute atomic E-state index is 12.2. The van der Waals surface area contributed by atoms with Gasteiger partial charge in [-0.15, -0.1) is 0 Å². The van der Waals surface area contributed by atoms with Crippen LogP contribution in [-0.2, 0) is 22.6 Å². The summed E-state index contributed by atoms with van der Waals surface area (Å²) in [5, 5.41) is 2.90. The molecule has 0 saturated carbocycles. The van der Waals surface area contributed by atoms with E-state index in [0.29, 0.717) is 44.0 Å². The largest absolute Gasteiger partial charge is 0.493 e. The molecule has 0 unspecified atom stereocenters. The van der Waals surface area contributed by atoms with Crippen molar-refractivity contribution in [1.82, 2.24) is 10.2 Å². The first-order chi connectivity index (χ1) is 13.9. The Hall–Kier alpha value is -3.02. The first kappa shape index (κ1) is 22.3. The van der Waals surface area contributed by atoms with E-state index < -0.39 is 0 Å². The maximum Gasteiger partial charge on any atom is 0.220 e.